The smallest absolute Gasteiger partial charge is 0.256 e. The van der Waals surface area contributed by atoms with Gasteiger partial charge >= 0.3 is 0 Å². The first-order valence-electron chi connectivity index (χ1n) is 9.37. The lowest BCUT2D eigenvalue weighted by molar-refractivity contribution is 0.0731. The summed E-state index contributed by atoms with van der Waals surface area (Å²) < 4.78 is 0. The first kappa shape index (κ1) is 20.8. The third-order valence-corrected chi connectivity index (χ3v) is 4.99. The Bertz CT molecular complexity index is 1070. The zero-order valence-electron chi connectivity index (χ0n) is 16.8. The Hall–Kier alpha value is -2.94. The standard InChI is InChI=1S/C23H23ClN4O/c1-16-21(13-19-12-20(24)8-9-22(19)26-16)23(29)28(11-10-27(2)3)15-18-6-4-17(14-25)5-7-18/h4-9,12-13H,10-11,15H2,1-3H3. The highest BCUT2D eigenvalue weighted by Crippen LogP contribution is 2.22. The fourth-order valence-corrected chi connectivity index (χ4v) is 3.29. The van der Waals surface area contributed by atoms with Crippen molar-refractivity contribution in [1.29, 1.82) is 5.26 Å². The molecule has 0 unspecified atom stereocenters. The molecule has 29 heavy (non-hydrogen) atoms. The second kappa shape index (κ2) is 9.04. The minimum atomic E-state index is -0.0666. The summed E-state index contributed by atoms with van der Waals surface area (Å²) in [6.07, 6.45) is 0. The lowest BCUT2D eigenvalue weighted by Gasteiger charge is -2.25. The molecule has 0 aliphatic carbocycles. The number of pyridine rings is 1. The number of amides is 1. The maximum Gasteiger partial charge on any atom is 0.256 e. The summed E-state index contributed by atoms with van der Waals surface area (Å²) in [6, 6.07) is 16.8. The van der Waals surface area contributed by atoms with E-state index in [1.807, 2.05) is 61.2 Å². The molecule has 0 spiro atoms. The summed E-state index contributed by atoms with van der Waals surface area (Å²) >= 11 is 6.12. The molecule has 0 saturated heterocycles. The quantitative estimate of drug-likeness (QED) is 0.613. The number of nitrogens with zero attached hydrogens (tertiary/aromatic N) is 4. The molecule has 3 aromatic rings. The predicted octanol–water partition coefficient (Wildman–Crippen LogP) is 4.27. The van der Waals surface area contributed by atoms with E-state index in [0.717, 1.165) is 23.0 Å². The SMILES string of the molecule is Cc1nc2ccc(Cl)cc2cc1C(=O)N(CCN(C)C)Cc1ccc(C#N)cc1. The van der Waals surface area contributed by atoms with Gasteiger partial charge in [-0.05, 0) is 63.0 Å². The van der Waals surface area contributed by atoms with Gasteiger partial charge in [0.1, 0.15) is 0 Å². The number of nitriles is 1. The van der Waals surface area contributed by atoms with Gasteiger partial charge in [-0.1, -0.05) is 23.7 Å². The molecule has 5 nitrogen and oxygen atoms in total. The molecule has 6 heteroatoms. The van der Waals surface area contributed by atoms with Crippen LogP contribution in [0.1, 0.15) is 27.2 Å². The van der Waals surface area contributed by atoms with Crippen LogP contribution in [0, 0.1) is 18.3 Å². The third-order valence-electron chi connectivity index (χ3n) is 4.76. The zero-order chi connectivity index (χ0) is 21.0. The van der Waals surface area contributed by atoms with Gasteiger partial charge in [0.15, 0.2) is 0 Å². The minimum absolute atomic E-state index is 0.0666. The molecular weight excluding hydrogens is 384 g/mol. The monoisotopic (exact) mass is 406 g/mol. The Labute approximate surface area is 176 Å². The van der Waals surface area contributed by atoms with Crippen LogP contribution in [0.15, 0.2) is 48.5 Å². The zero-order valence-corrected chi connectivity index (χ0v) is 17.6. The molecule has 0 saturated carbocycles. The Balaban J connectivity index is 1.93. The van der Waals surface area contributed by atoms with E-state index in [0.29, 0.717) is 34.9 Å². The van der Waals surface area contributed by atoms with Crippen LogP contribution in [0.25, 0.3) is 10.9 Å². The topological polar surface area (TPSA) is 60.2 Å². The number of halogens is 1. The van der Waals surface area contributed by atoms with Crippen LogP contribution in [0.3, 0.4) is 0 Å². The first-order chi connectivity index (χ1) is 13.9. The summed E-state index contributed by atoms with van der Waals surface area (Å²) in [5, 5.41) is 10.5. The number of hydrogen-bond acceptors (Lipinski definition) is 4. The van der Waals surface area contributed by atoms with E-state index in [-0.39, 0.29) is 5.91 Å². The average Bonchev–Trinajstić information content (AvgIpc) is 2.70. The maximum atomic E-state index is 13.4. The molecule has 0 fully saturated rings. The van der Waals surface area contributed by atoms with E-state index in [4.69, 9.17) is 16.9 Å². The van der Waals surface area contributed by atoms with Crippen LogP contribution in [0.2, 0.25) is 5.02 Å². The van der Waals surface area contributed by atoms with Crippen molar-refractivity contribution in [2.75, 3.05) is 27.2 Å². The molecule has 148 valence electrons. The van der Waals surface area contributed by atoms with Gasteiger partial charge < -0.3 is 9.80 Å². The van der Waals surface area contributed by atoms with Gasteiger partial charge in [-0.2, -0.15) is 5.26 Å². The Morgan fingerprint density at radius 1 is 1.10 bits per heavy atom. The van der Waals surface area contributed by atoms with Gasteiger partial charge in [-0.3, -0.25) is 9.78 Å². The maximum absolute atomic E-state index is 13.4. The molecule has 1 aromatic heterocycles. The number of rotatable bonds is 6. The molecule has 0 aliphatic rings. The van der Waals surface area contributed by atoms with E-state index in [2.05, 4.69) is 11.1 Å². The number of benzene rings is 2. The van der Waals surface area contributed by atoms with Crippen LogP contribution in [0.4, 0.5) is 0 Å². The molecule has 2 aromatic carbocycles. The van der Waals surface area contributed by atoms with Crippen LogP contribution in [-0.2, 0) is 6.54 Å². The molecular formula is C23H23ClN4O. The van der Waals surface area contributed by atoms with Gasteiger partial charge in [0, 0.05) is 30.0 Å². The second-order valence-corrected chi connectivity index (χ2v) is 7.73. The van der Waals surface area contributed by atoms with Crippen molar-refractivity contribution in [2.24, 2.45) is 0 Å². The van der Waals surface area contributed by atoms with E-state index < -0.39 is 0 Å². The molecule has 1 amide bonds. The van der Waals surface area contributed by atoms with E-state index in [9.17, 15) is 4.79 Å². The highest BCUT2D eigenvalue weighted by molar-refractivity contribution is 6.31. The van der Waals surface area contributed by atoms with Gasteiger partial charge in [0.25, 0.3) is 5.91 Å². The number of fused-ring (bicyclic) bond motifs is 1. The van der Waals surface area contributed by atoms with Crippen LogP contribution >= 0.6 is 11.6 Å². The summed E-state index contributed by atoms with van der Waals surface area (Å²) in [5.41, 5.74) is 3.67. The van der Waals surface area contributed by atoms with Crippen LogP contribution in [-0.4, -0.2) is 47.9 Å². The summed E-state index contributed by atoms with van der Waals surface area (Å²) in [5.74, 6) is -0.0666. The highest BCUT2D eigenvalue weighted by Gasteiger charge is 2.20. The van der Waals surface area contributed by atoms with Crippen molar-refractivity contribution in [2.45, 2.75) is 13.5 Å². The molecule has 0 radical (unpaired) electrons. The predicted molar refractivity (Wildman–Crippen MR) is 116 cm³/mol. The van der Waals surface area contributed by atoms with Crippen LogP contribution in [0.5, 0.6) is 0 Å². The van der Waals surface area contributed by atoms with Gasteiger partial charge in [-0.15, -0.1) is 0 Å². The van der Waals surface area contributed by atoms with Crippen molar-refractivity contribution in [1.82, 2.24) is 14.8 Å². The fourth-order valence-electron chi connectivity index (χ4n) is 3.11. The van der Waals surface area contributed by atoms with Crippen molar-refractivity contribution >= 4 is 28.4 Å². The Morgan fingerprint density at radius 2 is 1.83 bits per heavy atom. The number of aromatic nitrogens is 1. The molecule has 0 N–H and O–H groups in total. The second-order valence-electron chi connectivity index (χ2n) is 7.30. The number of carbonyl (C=O) groups excluding carboxylic acids is 1. The lowest BCUT2D eigenvalue weighted by atomic mass is 10.1. The minimum Gasteiger partial charge on any atom is -0.333 e. The lowest BCUT2D eigenvalue weighted by Crippen LogP contribution is -2.36. The molecule has 0 atom stereocenters. The normalized spacial score (nSPS) is 10.9. The number of carbonyl (C=O) groups is 1. The Morgan fingerprint density at radius 3 is 2.48 bits per heavy atom. The van der Waals surface area contributed by atoms with Gasteiger partial charge in [0.2, 0.25) is 0 Å². The Kier molecular flexibility index (Phi) is 6.48. The van der Waals surface area contributed by atoms with Crippen molar-refractivity contribution in [3.63, 3.8) is 0 Å². The van der Waals surface area contributed by atoms with E-state index >= 15 is 0 Å². The van der Waals surface area contributed by atoms with Crippen molar-refractivity contribution in [3.05, 3.63) is 75.9 Å². The molecule has 0 bridgehead atoms. The molecule has 3 rings (SSSR count). The van der Waals surface area contributed by atoms with Crippen LogP contribution < -0.4 is 0 Å². The van der Waals surface area contributed by atoms with E-state index in [1.165, 1.54) is 0 Å². The molecule has 0 aliphatic heterocycles. The van der Waals surface area contributed by atoms with E-state index in [1.54, 1.807) is 18.2 Å². The summed E-state index contributed by atoms with van der Waals surface area (Å²) in [6.45, 7) is 3.64. The number of hydrogen-bond donors (Lipinski definition) is 0. The summed E-state index contributed by atoms with van der Waals surface area (Å²) in [4.78, 5) is 21.9. The number of likely N-dealkylation sites (N-methyl/N-ethyl adjacent to an activating group) is 1. The highest BCUT2D eigenvalue weighted by atomic mass is 35.5. The summed E-state index contributed by atoms with van der Waals surface area (Å²) in [7, 11) is 3.96. The number of aryl methyl sites for hydroxylation is 1. The fraction of sp³-hybridized carbons (Fsp3) is 0.261. The average molecular weight is 407 g/mol. The first-order valence-corrected chi connectivity index (χ1v) is 9.75. The molecule has 1 heterocycles. The van der Waals surface area contributed by atoms with Gasteiger partial charge in [-0.25, -0.2) is 0 Å². The van der Waals surface area contributed by atoms with Gasteiger partial charge in [0.05, 0.1) is 28.4 Å². The van der Waals surface area contributed by atoms with Crippen molar-refractivity contribution < 1.29 is 4.79 Å². The van der Waals surface area contributed by atoms with Crippen molar-refractivity contribution in [3.8, 4) is 6.07 Å². The third kappa shape index (κ3) is 5.11. The largest absolute Gasteiger partial charge is 0.333 e.